The molecule has 17 heavy (non-hydrogen) atoms. The third-order valence-corrected chi connectivity index (χ3v) is 4.37. The summed E-state index contributed by atoms with van der Waals surface area (Å²) in [7, 11) is 0. The molecule has 5 nitrogen and oxygen atoms in total. The molecule has 2 N–H and O–H groups in total. The summed E-state index contributed by atoms with van der Waals surface area (Å²) in [5.41, 5.74) is 6.75. The quantitative estimate of drug-likeness (QED) is 0.864. The number of nitrogen functional groups attached to an aromatic ring is 1. The number of nitrogens with zero attached hydrogens (tertiary/aromatic N) is 3. The number of rotatable bonds is 1. The molecule has 1 saturated carbocycles. The molecule has 1 saturated heterocycles. The minimum atomic E-state index is 0.514. The summed E-state index contributed by atoms with van der Waals surface area (Å²) in [4.78, 5) is 8.69. The Balaban J connectivity index is 1.89. The Hall–Kier alpha value is -1.14. The molecule has 3 heterocycles. The molecular formula is C11H11BrN4O. The largest absolute Gasteiger partial charge is 0.382 e. The van der Waals surface area contributed by atoms with E-state index in [0.717, 1.165) is 29.2 Å². The lowest BCUT2D eigenvalue weighted by atomic mass is 10.3. The fraction of sp³-hybridized carbons (Fsp3) is 0.455. The van der Waals surface area contributed by atoms with Gasteiger partial charge in [-0.2, -0.15) is 0 Å². The molecule has 2 aromatic heterocycles. The number of ether oxygens (including phenoxy) is 1. The van der Waals surface area contributed by atoms with Crippen molar-refractivity contribution in [3.05, 3.63) is 22.8 Å². The molecule has 88 valence electrons. The minimum absolute atomic E-state index is 0.514. The molecule has 4 rings (SSSR count). The van der Waals surface area contributed by atoms with Crippen LogP contribution in [0, 0.1) is 11.8 Å². The van der Waals surface area contributed by atoms with Gasteiger partial charge in [0.05, 0.1) is 13.2 Å². The minimum Gasteiger partial charge on any atom is -0.382 e. The Morgan fingerprint density at radius 1 is 1.41 bits per heavy atom. The second kappa shape index (κ2) is 3.20. The van der Waals surface area contributed by atoms with Gasteiger partial charge in [-0.3, -0.25) is 4.40 Å². The Morgan fingerprint density at radius 2 is 2.18 bits per heavy atom. The van der Waals surface area contributed by atoms with Gasteiger partial charge in [0.2, 0.25) is 0 Å². The van der Waals surface area contributed by atoms with E-state index in [9.17, 15) is 0 Å². The van der Waals surface area contributed by atoms with Gasteiger partial charge in [0.15, 0.2) is 5.82 Å². The van der Waals surface area contributed by atoms with Gasteiger partial charge >= 0.3 is 0 Å². The van der Waals surface area contributed by atoms with Crippen LogP contribution in [0.1, 0.15) is 11.7 Å². The molecule has 0 aromatic carbocycles. The third-order valence-electron chi connectivity index (χ3n) is 3.82. The van der Waals surface area contributed by atoms with Crippen molar-refractivity contribution >= 4 is 27.3 Å². The SMILES string of the molecule is Nc1nccn2c(C3C4COC[C@@H]43)nc(Br)c12. The van der Waals surface area contributed by atoms with Gasteiger partial charge in [-0.15, -0.1) is 0 Å². The molecule has 2 aliphatic rings. The summed E-state index contributed by atoms with van der Waals surface area (Å²) in [5, 5.41) is 0. The molecule has 2 unspecified atom stereocenters. The van der Waals surface area contributed by atoms with Crippen molar-refractivity contribution in [3.63, 3.8) is 0 Å². The highest BCUT2D eigenvalue weighted by Gasteiger charge is 2.56. The van der Waals surface area contributed by atoms with E-state index in [-0.39, 0.29) is 0 Å². The van der Waals surface area contributed by atoms with Gasteiger partial charge in [-0.05, 0) is 27.8 Å². The molecular weight excluding hydrogens is 284 g/mol. The standard InChI is InChI=1S/C11H11BrN4O/c12-9-8-10(13)14-1-2-16(8)11(15-9)7-5-3-17-4-6(5)7/h1-2,5-7H,3-4H2,(H2,13,14)/t5-,6?,7?/m0/s1. The zero-order chi connectivity index (χ0) is 11.6. The van der Waals surface area contributed by atoms with Crippen LogP contribution in [0.5, 0.6) is 0 Å². The molecule has 1 aliphatic carbocycles. The van der Waals surface area contributed by atoms with Gasteiger partial charge in [0.25, 0.3) is 0 Å². The van der Waals surface area contributed by atoms with Crippen molar-refractivity contribution in [2.24, 2.45) is 11.8 Å². The number of hydrogen-bond donors (Lipinski definition) is 1. The van der Waals surface area contributed by atoms with Crippen LogP contribution in [0.25, 0.3) is 5.52 Å². The summed E-state index contributed by atoms with van der Waals surface area (Å²) in [6, 6.07) is 0. The first-order chi connectivity index (χ1) is 8.27. The number of halogens is 1. The van der Waals surface area contributed by atoms with Gasteiger partial charge in [0.1, 0.15) is 15.9 Å². The van der Waals surface area contributed by atoms with E-state index in [1.165, 1.54) is 0 Å². The Labute approximate surface area is 106 Å². The van der Waals surface area contributed by atoms with Crippen LogP contribution in [-0.2, 0) is 4.74 Å². The smallest absolute Gasteiger partial charge is 0.150 e. The van der Waals surface area contributed by atoms with Crippen LogP contribution in [0.3, 0.4) is 0 Å². The number of imidazole rings is 1. The summed E-state index contributed by atoms with van der Waals surface area (Å²) >= 11 is 3.46. The maximum atomic E-state index is 5.88. The molecule has 0 spiro atoms. The van der Waals surface area contributed by atoms with E-state index in [1.807, 2.05) is 6.20 Å². The summed E-state index contributed by atoms with van der Waals surface area (Å²) in [6.07, 6.45) is 3.64. The van der Waals surface area contributed by atoms with Crippen LogP contribution >= 0.6 is 15.9 Å². The van der Waals surface area contributed by atoms with Crippen LogP contribution in [0.2, 0.25) is 0 Å². The van der Waals surface area contributed by atoms with Gasteiger partial charge in [-0.1, -0.05) is 0 Å². The van der Waals surface area contributed by atoms with Gasteiger partial charge in [-0.25, -0.2) is 9.97 Å². The fourth-order valence-electron chi connectivity index (χ4n) is 2.90. The van der Waals surface area contributed by atoms with Gasteiger partial charge in [0, 0.05) is 18.3 Å². The van der Waals surface area contributed by atoms with E-state index >= 15 is 0 Å². The number of fused-ring (bicyclic) bond motifs is 2. The zero-order valence-corrected chi connectivity index (χ0v) is 10.6. The topological polar surface area (TPSA) is 65.4 Å². The average molecular weight is 295 g/mol. The monoisotopic (exact) mass is 294 g/mol. The van der Waals surface area contributed by atoms with E-state index in [4.69, 9.17) is 10.5 Å². The fourth-order valence-corrected chi connectivity index (χ4v) is 3.48. The van der Waals surface area contributed by atoms with Crippen molar-refractivity contribution in [1.82, 2.24) is 14.4 Å². The first kappa shape index (κ1) is 9.85. The predicted molar refractivity (Wildman–Crippen MR) is 65.6 cm³/mol. The second-order valence-electron chi connectivity index (χ2n) is 4.68. The first-order valence-electron chi connectivity index (χ1n) is 5.63. The van der Waals surface area contributed by atoms with Crippen molar-refractivity contribution < 1.29 is 4.74 Å². The Bertz CT molecular complexity index is 601. The lowest BCUT2D eigenvalue weighted by Crippen LogP contribution is -2.02. The first-order valence-corrected chi connectivity index (χ1v) is 6.42. The number of hydrogen-bond acceptors (Lipinski definition) is 4. The second-order valence-corrected chi connectivity index (χ2v) is 5.43. The Morgan fingerprint density at radius 3 is 2.94 bits per heavy atom. The van der Waals surface area contributed by atoms with E-state index < -0.39 is 0 Å². The summed E-state index contributed by atoms with van der Waals surface area (Å²) in [6.45, 7) is 1.73. The molecule has 0 bridgehead atoms. The van der Waals surface area contributed by atoms with Crippen LogP contribution in [0.15, 0.2) is 17.0 Å². The van der Waals surface area contributed by atoms with Crippen LogP contribution < -0.4 is 5.73 Å². The predicted octanol–water partition coefficient (Wildman–Crippen LogP) is 1.43. The highest BCUT2D eigenvalue weighted by atomic mass is 79.9. The lowest BCUT2D eigenvalue weighted by Gasteiger charge is -2.04. The Kier molecular flexibility index (Phi) is 1.85. The molecule has 2 fully saturated rings. The van der Waals surface area contributed by atoms with Crippen molar-refractivity contribution in [3.8, 4) is 0 Å². The molecule has 0 radical (unpaired) electrons. The normalized spacial score (nSPS) is 30.8. The molecule has 1 aliphatic heterocycles. The zero-order valence-electron chi connectivity index (χ0n) is 9.01. The number of anilines is 1. The maximum absolute atomic E-state index is 5.88. The van der Waals surface area contributed by atoms with Gasteiger partial charge < -0.3 is 10.5 Å². The lowest BCUT2D eigenvalue weighted by molar-refractivity contribution is 0.159. The highest BCUT2D eigenvalue weighted by Crippen LogP contribution is 2.57. The number of nitrogens with two attached hydrogens (primary N) is 1. The third kappa shape index (κ3) is 1.22. The van der Waals surface area contributed by atoms with Crippen molar-refractivity contribution in [2.45, 2.75) is 5.92 Å². The summed E-state index contributed by atoms with van der Waals surface area (Å²) in [5.74, 6) is 3.40. The van der Waals surface area contributed by atoms with E-state index in [1.54, 1.807) is 6.20 Å². The molecule has 6 heteroatoms. The molecule has 2 aromatic rings. The van der Waals surface area contributed by atoms with E-state index in [2.05, 4.69) is 30.3 Å². The molecule has 0 amide bonds. The maximum Gasteiger partial charge on any atom is 0.150 e. The molecule has 3 atom stereocenters. The van der Waals surface area contributed by atoms with Crippen LogP contribution in [0.4, 0.5) is 5.82 Å². The van der Waals surface area contributed by atoms with Crippen LogP contribution in [-0.4, -0.2) is 27.6 Å². The van der Waals surface area contributed by atoms with E-state index in [0.29, 0.717) is 23.6 Å². The highest BCUT2D eigenvalue weighted by molar-refractivity contribution is 9.10. The van der Waals surface area contributed by atoms with Crippen molar-refractivity contribution in [2.75, 3.05) is 18.9 Å². The average Bonchev–Trinajstić information content (AvgIpc) is 2.71. The number of aromatic nitrogens is 3. The summed E-state index contributed by atoms with van der Waals surface area (Å²) < 4.78 is 8.25. The van der Waals surface area contributed by atoms with Crippen molar-refractivity contribution in [1.29, 1.82) is 0 Å².